The summed E-state index contributed by atoms with van der Waals surface area (Å²) in [5, 5.41) is 5.66. The Balaban J connectivity index is 2.45. The number of benzene rings is 1. The van der Waals surface area contributed by atoms with Crippen molar-refractivity contribution in [3.8, 4) is 0 Å². The Hall–Kier alpha value is -2.28. The first kappa shape index (κ1) is 11.2. The fraction of sp³-hybridized carbons (Fsp3) is 0. The highest BCUT2D eigenvalue weighted by Crippen LogP contribution is 2.37. The van der Waals surface area contributed by atoms with Gasteiger partial charge in [0.2, 0.25) is 0 Å². The standard InChI is InChI=1S/C9H6ClN5O2/c10-7-3-6(13-16)4-8(14-17)9(7)12-15-2-1-11-5-15/h1-5,12H. The van der Waals surface area contributed by atoms with Gasteiger partial charge in [-0.3, -0.25) is 10.1 Å². The molecule has 8 heteroatoms. The van der Waals surface area contributed by atoms with Gasteiger partial charge in [-0.1, -0.05) is 11.6 Å². The Morgan fingerprint density at radius 2 is 2.12 bits per heavy atom. The van der Waals surface area contributed by atoms with Crippen molar-refractivity contribution in [3.63, 3.8) is 0 Å². The zero-order valence-electron chi connectivity index (χ0n) is 8.37. The molecule has 0 atom stereocenters. The lowest BCUT2D eigenvalue weighted by Gasteiger charge is -2.10. The van der Waals surface area contributed by atoms with E-state index in [-0.39, 0.29) is 22.1 Å². The number of rotatable bonds is 4. The van der Waals surface area contributed by atoms with E-state index in [1.807, 2.05) is 0 Å². The van der Waals surface area contributed by atoms with E-state index in [4.69, 9.17) is 11.6 Å². The fourth-order valence-corrected chi connectivity index (χ4v) is 1.52. The monoisotopic (exact) mass is 251 g/mol. The largest absolute Gasteiger partial charge is 0.290 e. The first-order chi connectivity index (χ1) is 8.24. The Kier molecular flexibility index (Phi) is 3.10. The number of anilines is 1. The molecule has 1 N–H and O–H groups in total. The van der Waals surface area contributed by atoms with Gasteiger partial charge in [0.15, 0.2) is 0 Å². The van der Waals surface area contributed by atoms with Crippen molar-refractivity contribution in [1.82, 2.24) is 9.66 Å². The average molecular weight is 252 g/mol. The summed E-state index contributed by atoms with van der Waals surface area (Å²) in [5.74, 6) is 0. The molecule has 17 heavy (non-hydrogen) atoms. The SMILES string of the molecule is O=Nc1cc(Cl)c(Nn2ccnc2)c(N=O)c1. The molecule has 2 aromatic rings. The number of halogens is 1. The van der Waals surface area contributed by atoms with Gasteiger partial charge in [0.1, 0.15) is 23.4 Å². The molecule has 1 aromatic heterocycles. The summed E-state index contributed by atoms with van der Waals surface area (Å²) < 4.78 is 1.49. The van der Waals surface area contributed by atoms with E-state index in [2.05, 4.69) is 20.8 Å². The third-order valence-corrected chi connectivity index (χ3v) is 2.30. The molecule has 1 heterocycles. The summed E-state index contributed by atoms with van der Waals surface area (Å²) in [5.41, 5.74) is 3.14. The maximum Gasteiger partial charge on any atom is 0.136 e. The van der Waals surface area contributed by atoms with Gasteiger partial charge >= 0.3 is 0 Å². The van der Waals surface area contributed by atoms with Crippen molar-refractivity contribution in [2.75, 3.05) is 5.43 Å². The zero-order chi connectivity index (χ0) is 12.3. The van der Waals surface area contributed by atoms with Gasteiger partial charge < -0.3 is 0 Å². The molecule has 7 nitrogen and oxygen atoms in total. The third-order valence-electron chi connectivity index (χ3n) is 2.00. The van der Waals surface area contributed by atoms with Gasteiger partial charge in [0.25, 0.3) is 0 Å². The normalized spacial score (nSPS) is 9.94. The maximum atomic E-state index is 10.7. The van der Waals surface area contributed by atoms with E-state index in [1.54, 1.807) is 12.4 Å². The molecule has 0 amide bonds. The van der Waals surface area contributed by atoms with Crippen LogP contribution in [0.25, 0.3) is 0 Å². The van der Waals surface area contributed by atoms with Crippen LogP contribution < -0.4 is 5.43 Å². The van der Waals surface area contributed by atoms with Crippen molar-refractivity contribution in [1.29, 1.82) is 0 Å². The summed E-state index contributed by atoms with van der Waals surface area (Å²) in [6, 6.07) is 2.58. The van der Waals surface area contributed by atoms with Crippen LogP contribution in [0.1, 0.15) is 0 Å². The second-order valence-electron chi connectivity index (χ2n) is 3.09. The zero-order valence-corrected chi connectivity index (χ0v) is 9.13. The average Bonchev–Trinajstić information content (AvgIpc) is 2.84. The Morgan fingerprint density at radius 3 is 2.71 bits per heavy atom. The van der Waals surface area contributed by atoms with Crippen LogP contribution in [0.15, 0.2) is 41.2 Å². The van der Waals surface area contributed by atoms with Crippen LogP contribution in [-0.2, 0) is 0 Å². The molecule has 0 aliphatic rings. The van der Waals surface area contributed by atoms with Gasteiger partial charge in [-0.25, -0.2) is 4.98 Å². The van der Waals surface area contributed by atoms with E-state index >= 15 is 0 Å². The van der Waals surface area contributed by atoms with Crippen LogP contribution in [0.3, 0.4) is 0 Å². The Morgan fingerprint density at radius 1 is 1.29 bits per heavy atom. The van der Waals surface area contributed by atoms with Gasteiger partial charge in [-0.2, -0.15) is 0 Å². The second-order valence-corrected chi connectivity index (χ2v) is 3.49. The van der Waals surface area contributed by atoms with Crippen LogP contribution in [0.2, 0.25) is 5.02 Å². The van der Waals surface area contributed by atoms with Crippen LogP contribution in [0, 0.1) is 9.81 Å². The van der Waals surface area contributed by atoms with Crippen LogP contribution >= 0.6 is 11.6 Å². The Labute approximate surface area is 100 Å². The molecule has 0 fully saturated rings. The number of imidazole rings is 1. The summed E-state index contributed by atoms with van der Waals surface area (Å²) in [7, 11) is 0. The molecule has 0 aliphatic heterocycles. The predicted molar refractivity (Wildman–Crippen MR) is 63.6 cm³/mol. The minimum Gasteiger partial charge on any atom is -0.290 e. The minimum absolute atomic E-state index is 0.000741. The molecule has 0 saturated heterocycles. The van der Waals surface area contributed by atoms with Crippen LogP contribution in [0.5, 0.6) is 0 Å². The van der Waals surface area contributed by atoms with Gasteiger partial charge in [-0.15, -0.1) is 9.81 Å². The Bertz CT molecular complexity index is 555. The number of aromatic nitrogens is 2. The highest BCUT2D eigenvalue weighted by Gasteiger charge is 2.11. The van der Waals surface area contributed by atoms with Crippen LogP contribution in [-0.4, -0.2) is 9.66 Å². The fourth-order valence-electron chi connectivity index (χ4n) is 1.27. The summed E-state index contributed by atoms with van der Waals surface area (Å²) in [4.78, 5) is 24.8. The quantitative estimate of drug-likeness (QED) is 0.845. The van der Waals surface area contributed by atoms with E-state index < -0.39 is 0 Å². The summed E-state index contributed by atoms with van der Waals surface area (Å²) in [6.45, 7) is 0. The van der Waals surface area contributed by atoms with Gasteiger partial charge in [0, 0.05) is 12.4 Å². The molecule has 0 radical (unpaired) electrons. The highest BCUT2D eigenvalue weighted by molar-refractivity contribution is 6.34. The molecular weight excluding hydrogens is 246 g/mol. The van der Waals surface area contributed by atoms with Crippen molar-refractivity contribution in [2.45, 2.75) is 0 Å². The van der Waals surface area contributed by atoms with E-state index in [1.165, 1.54) is 23.1 Å². The molecule has 0 unspecified atom stereocenters. The van der Waals surface area contributed by atoms with E-state index in [0.717, 1.165) is 0 Å². The minimum atomic E-state index is 0.000741. The molecule has 0 bridgehead atoms. The lowest BCUT2D eigenvalue weighted by atomic mass is 10.2. The molecule has 1 aromatic carbocycles. The summed E-state index contributed by atoms with van der Waals surface area (Å²) >= 11 is 5.91. The number of nitrogens with one attached hydrogen (secondary N) is 1. The molecule has 2 rings (SSSR count). The van der Waals surface area contributed by atoms with Crippen LogP contribution in [0.4, 0.5) is 17.1 Å². The van der Waals surface area contributed by atoms with E-state index in [9.17, 15) is 9.81 Å². The molecule has 0 spiro atoms. The lowest BCUT2D eigenvalue weighted by Crippen LogP contribution is -2.06. The highest BCUT2D eigenvalue weighted by atomic mass is 35.5. The molecule has 0 aliphatic carbocycles. The van der Waals surface area contributed by atoms with E-state index in [0.29, 0.717) is 0 Å². The van der Waals surface area contributed by atoms with Crippen molar-refractivity contribution in [3.05, 3.63) is 45.7 Å². The second kappa shape index (κ2) is 4.71. The molecule has 86 valence electrons. The lowest BCUT2D eigenvalue weighted by molar-refractivity contribution is 0.955. The topological polar surface area (TPSA) is 88.7 Å². The van der Waals surface area contributed by atoms with Crippen molar-refractivity contribution < 1.29 is 0 Å². The smallest absolute Gasteiger partial charge is 0.136 e. The first-order valence-corrected chi connectivity index (χ1v) is 4.87. The van der Waals surface area contributed by atoms with Crippen molar-refractivity contribution >= 4 is 28.7 Å². The maximum absolute atomic E-state index is 10.7. The van der Waals surface area contributed by atoms with Gasteiger partial charge in [0.05, 0.1) is 5.02 Å². The number of nitroso groups, excluding NO2 is 2. The molecule has 0 saturated carbocycles. The number of hydrogen-bond donors (Lipinski definition) is 1. The number of hydrogen-bond acceptors (Lipinski definition) is 6. The predicted octanol–water partition coefficient (Wildman–Crippen LogP) is 3.21. The number of nitrogens with zero attached hydrogens (tertiary/aromatic N) is 4. The third kappa shape index (κ3) is 2.28. The molecular formula is C9H6ClN5O2. The first-order valence-electron chi connectivity index (χ1n) is 4.50. The van der Waals surface area contributed by atoms with Gasteiger partial charge in [-0.05, 0) is 22.5 Å². The van der Waals surface area contributed by atoms with Crippen molar-refractivity contribution in [2.24, 2.45) is 10.4 Å². The summed E-state index contributed by atoms with van der Waals surface area (Å²) in [6.07, 6.45) is 4.66.